The average molecular weight is 611 g/mol. The first-order chi connectivity index (χ1) is 18.2. The van der Waals surface area contributed by atoms with Crippen molar-refractivity contribution in [1.82, 2.24) is 9.80 Å². The average Bonchev–Trinajstić information content (AvgIpc) is 3.23. The Bertz CT molecular complexity index is 1220. The highest BCUT2D eigenvalue weighted by Crippen LogP contribution is 2.29. The van der Waals surface area contributed by atoms with E-state index in [9.17, 15) is 31.2 Å². The van der Waals surface area contributed by atoms with Gasteiger partial charge in [-0.3, -0.25) is 0 Å². The largest absolute Gasteiger partial charge is 0.534 e. The first-order valence-electron chi connectivity index (χ1n) is 12.6. The second kappa shape index (κ2) is 12.8. The Morgan fingerprint density at radius 3 is 1.73 bits per heavy atom. The van der Waals surface area contributed by atoms with Crippen LogP contribution in [-0.4, -0.2) is 73.3 Å². The molecule has 0 unspecified atom stereocenters. The van der Waals surface area contributed by atoms with Crippen LogP contribution in [0.5, 0.6) is 0 Å². The van der Waals surface area contributed by atoms with Crippen molar-refractivity contribution in [3.8, 4) is 0 Å². The summed E-state index contributed by atoms with van der Waals surface area (Å²) in [6, 6.07) is 2.21. The topological polar surface area (TPSA) is 102 Å². The van der Waals surface area contributed by atoms with Crippen LogP contribution in [0.25, 0.3) is 5.57 Å². The maximum atomic E-state index is 12.2. The summed E-state index contributed by atoms with van der Waals surface area (Å²) in [5, 5.41) is 2.18. The molecule has 14 heteroatoms. The third-order valence-electron chi connectivity index (χ3n) is 5.28. The van der Waals surface area contributed by atoms with Crippen LogP contribution in [0.15, 0.2) is 29.4 Å². The zero-order valence-electron chi connectivity index (χ0n) is 23.8. The molecular weight excluding hydrogens is 573 g/mol. The summed E-state index contributed by atoms with van der Waals surface area (Å²) in [6.45, 7) is 14.1. The van der Waals surface area contributed by atoms with E-state index in [0.717, 1.165) is 19.0 Å². The molecule has 0 saturated heterocycles. The zero-order valence-corrected chi connectivity index (χ0v) is 25.4. The SMILES string of the molecule is CC(C)(C)OC(=O)N1CC=C(OS(=O)(=O)C(F)(F)F)CC1.Cc1cc(C2=CCN(C(=O)OC(C)(C)C)CC2)cs1. The maximum Gasteiger partial charge on any atom is 0.534 e. The van der Waals surface area contributed by atoms with Crippen molar-refractivity contribution in [1.29, 1.82) is 0 Å². The van der Waals surface area contributed by atoms with Gasteiger partial charge in [-0.2, -0.15) is 21.6 Å². The maximum absolute atomic E-state index is 12.2. The third-order valence-corrected chi connectivity index (χ3v) is 7.14. The van der Waals surface area contributed by atoms with Gasteiger partial charge in [0.2, 0.25) is 0 Å². The number of hydrogen-bond donors (Lipinski definition) is 0. The molecule has 3 heterocycles. The molecule has 9 nitrogen and oxygen atoms in total. The number of carbonyl (C=O) groups excluding carboxylic acids is 2. The van der Waals surface area contributed by atoms with Crippen molar-refractivity contribution in [3.63, 3.8) is 0 Å². The van der Waals surface area contributed by atoms with E-state index in [0.29, 0.717) is 6.54 Å². The highest BCUT2D eigenvalue weighted by atomic mass is 32.2. The summed E-state index contributed by atoms with van der Waals surface area (Å²) in [5.74, 6) is -0.341. The molecule has 2 amide bonds. The van der Waals surface area contributed by atoms with Gasteiger partial charge in [0.25, 0.3) is 0 Å². The van der Waals surface area contributed by atoms with Gasteiger partial charge in [-0.25, -0.2) is 9.59 Å². The van der Waals surface area contributed by atoms with Crippen LogP contribution in [0.3, 0.4) is 0 Å². The molecule has 0 spiro atoms. The Labute approximate surface area is 237 Å². The predicted octanol–water partition coefficient (Wildman–Crippen LogP) is 6.46. The summed E-state index contributed by atoms with van der Waals surface area (Å²) in [7, 11) is -5.67. The van der Waals surface area contributed by atoms with Crippen LogP contribution in [-0.2, 0) is 23.8 Å². The minimum absolute atomic E-state index is 0.00806. The Morgan fingerprint density at radius 1 is 0.875 bits per heavy atom. The Balaban J connectivity index is 0.000000281. The molecule has 1 aromatic rings. The number of rotatable bonds is 3. The van der Waals surface area contributed by atoms with E-state index in [2.05, 4.69) is 28.6 Å². The molecule has 2 aliphatic rings. The molecule has 3 rings (SSSR count). The monoisotopic (exact) mass is 610 g/mol. The molecule has 0 bridgehead atoms. The first-order valence-corrected chi connectivity index (χ1v) is 14.9. The smallest absolute Gasteiger partial charge is 0.444 e. The first kappa shape index (κ1) is 33.5. The highest BCUT2D eigenvalue weighted by molar-refractivity contribution is 7.87. The third kappa shape index (κ3) is 10.7. The summed E-state index contributed by atoms with van der Waals surface area (Å²) >= 11 is 1.77. The van der Waals surface area contributed by atoms with Gasteiger partial charge in [-0.15, -0.1) is 11.3 Å². The fourth-order valence-corrected chi connectivity index (χ4v) is 4.70. The molecule has 0 atom stereocenters. The fourth-order valence-electron chi connectivity index (χ4n) is 3.44. The van der Waals surface area contributed by atoms with E-state index >= 15 is 0 Å². The van der Waals surface area contributed by atoms with Crippen molar-refractivity contribution in [2.75, 3.05) is 26.2 Å². The van der Waals surface area contributed by atoms with Gasteiger partial charge < -0.3 is 23.5 Å². The number of nitrogens with zero attached hydrogens (tertiary/aromatic N) is 2. The quantitative estimate of drug-likeness (QED) is 0.286. The predicted molar refractivity (Wildman–Crippen MR) is 146 cm³/mol. The number of amides is 2. The molecule has 0 N–H and O–H groups in total. The fraction of sp³-hybridized carbons (Fsp3) is 0.615. The van der Waals surface area contributed by atoms with E-state index in [1.807, 2.05) is 20.8 Å². The number of hydrogen-bond acceptors (Lipinski definition) is 8. The molecule has 1 aromatic heterocycles. The van der Waals surface area contributed by atoms with Crippen LogP contribution in [0, 0.1) is 6.92 Å². The molecule has 0 fully saturated rings. The summed E-state index contributed by atoms with van der Waals surface area (Å²) in [4.78, 5) is 28.0. The molecule has 0 aromatic carbocycles. The van der Waals surface area contributed by atoms with Crippen molar-refractivity contribution in [2.24, 2.45) is 0 Å². The normalized spacial score (nSPS) is 16.8. The van der Waals surface area contributed by atoms with Gasteiger partial charge in [-0.05, 0) is 83.5 Å². The zero-order chi connectivity index (χ0) is 30.5. The standard InChI is InChI=1S/C15H21NO2S.C11H16F3NO5S/c1-11-9-13(10-19-11)12-5-7-16(8-6-12)14(17)18-15(2,3)4;1-10(2,3)19-9(16)15-6-4-8(5-7-15)20-21(17,18)11(12,13)14/h5,9-10H,6-8H2,1-4H3;4H,5-7H2,1-3H3. The molecule has 2 aliphatic heterocycles. The highest BCUT2D eigenvalue weighted by Gasteiger charge is 2.49. The molecule has 0 radical (unpaired) electrons. The summed E-state index contributed by atoms with van der Waals surface area (Å²) in [5.41, 5.74) is -3.96. The Kier molecular flexibility index (Phi) is 10.7. The lowest BCUT2D eigenvalue weighted by atomic mass is 10.0. The second-order valence-electron chi connectivity index (χ2n) is 11.2. The van der Waals surface area contributed by atoms with Gasteiger partial charge in [0.05, 0.1) is 0 Å². The number of ether oxygens (including phenoxy) is 2. The van der Waals surface area contributed by atoms with E-state index in [4.69, 9.17) is 9.47 Å². The van der Waals surface area contributed by atoms with Crippen LogP contribution in [0.2, 0.25) is 0 Å². The van der Waals surface area contributed by atoms with E-state index in [1.165, 1.54) is 20.9 Å². The minimum atomic E-state index is -5.67. The molecule has 0 aliphatic carbocycles. The van der Waals surface area contributed by atoms with Gasteiger partial charge in [0.1, 0.15) is 17.0 Å². The Hall–Kier alpha value is -2.74. The van der Waals surface area contributed by atoms with Crippen molar-refractivity contribution >= 4 is 39.2 Å². The van der Waals surface area contributed by atoms with E-state index in [-0.39, 0.29) is 31.4 Å². The number of alkyl halides is 3. The summed E-state index contributed by atoms with van der Waals surface area (Å²) < 4.78 is 72.6. The van der Waals surface area contributed by atoms with Crippen LogP contribution >= 0.6 is 11.3 Å². The second-order valence-corrected chi connectivity index (χ2v) is 13.8. The molecule has 0 saturated carbocycles. The van der Waals surface area contributed by atoms with Gasteiger partial charge in [0.15, 0.2) is 0 Å². The number of halogens is 3. The lowest BCUT2D eigenvalue weighted by molar-refractivity contribution is -0.0525. The molecule has 40 heavy (non-hydrogen) atoms. The van der Waals surface area contributed by atoms with Gasteiger partial charge in [-0.1, -0.05) is 6.08 Å². The van der Waals surface area contributed by atoms with Gasteiger partial charge >= 0.3 is 27.8 Å². The lowest BCUT2D eigenvalue weighted by Crippen LogP contribution is -2.39. The number of thiophene rings is 1. The van der Waals surface area contributed by atoms with Crippen LogP contribution in [0.1, 0.15) is 64.8 Å². The number of aryl methyl sites for hydroxylation is 1. The van der Waals surface area contributed by atoms with E-state index < -0.39 is 32.9 Å². The minimum Gasteiger partial charge on any atom is -0.444 e. The molecular formula is C26H37F3N2O7S2. The van der Waals surface area contributed by atoms with Crippen molar-refractivity contribution in [2.45, 2.75) is 78.0 Å². The van der Waals surface area contributed by atoms with Crippen LogP contribution < -0.4 is 0 Å². The van der Waals surface area contributed by atoms with Crippen LogP contribution in [0.4, 0.5) is 22.8 Å². The molecule has 226 valence electrons. The van der Waals surface area contributed by atoms with Gasteiger partial charge in [0, 0.05) is 37.5 Å². The van der Waals surface area contributed by atoms with Crippen molar-refractivity contribution < 1.29 is 44.8 Å². The van der Waals surface area contributed by atoms with Crippen molar-refractivity contribution in [3.05, 3.63) is 39.8 Å². The lowest BCUT2D eigenvalue weighted by Gasteiger charge is -2.29. The number of carbonyl (C=O) groups is 2. The Morgan fingerprint density at radius 2 is 1.38 bits per heavy atom. The summed E-state index contributed by atoms with van der Waals surface area (Å²) in [6.07, 6.45) is 3.15. The van der Waals surface area contributed by atoms with E-state index in [1.54, 1.807) is 37.0 Å².